The van der Waals surface area contributed by atoms with E-state index in [0.717, 1.165) is 4.47 Å². The summed E-state index contributed by atoms with van der Waals surface area (Å²) in [6, 6.07) is 3.48. The van der Waals surface area contributed by atoms with E-state index in [-0.39, 0.29) is 17.6 Å². The predicted molar refractivity (Wildman–Crippen MR) is 70.4 cm³/mol. The Labute approximate surface area is 112 Å². The molecule has 0 unspecified atom stereocenters. The number of hydrogen-bond acceptors (Lipinski definition) is 4. The number of hydrogen-bond donors (Lipinski definition) is 2. The van der Waals surface area contributed by atoms with E-state index < -0.39 is 0 Å². The van der Waals surface area contributed by atoms with Gasteiger partial charge in [0.25, 0.3) is 5.91 Å². The fourth-order valence-electron chi connectivity index (χ4n) is 1.26. The molecule has 6 nitrogen and oxygen atoms in total. The number of aromatic amines is 1. The van der Waals surface area contributed by atoms with E-state index in [1.807, 2.05) is 13.8 Å². The molecule has 0 aliphatic heterocycles. The molecule has 2 N–H and O–H groups in total. The second kappa shape index (κ2) is 5.26. The summed E-state index contributed by atoms with van der Waals surface area (Å²) in [4.78, 5) is 20.0. The summed E-state index contributed by atoms with van der Waals surface area (Å²) in [5.41, 5.74) is 0. The number of pyridine rings is 1. The van der Waals surface area contributed by atoms with Gasteiger partial charge in [-0.25, -0.2) is 9.97 Å². The lowest BCUT2D eigenvalue weighted by molar-refractivity contribution is 0.101. The summed E-state index contributed by atoms with van der Waals surface area (Å²) in [5, 5.41) is 9.22. The van der Waals surface area contributed by atoms with Crippen LogP contribution in [0.15, 0.2) is 22.8 Å². The largest absolute Gasteiger partial charge is 0.304 e. The number of halogens is 1. The summed E-state index contributed by atoms with van der Waals surface area (Å²) in [6.45, 7) is 3.94. The Morgan fingerprint density at radius 1 is 1.44 bits per heavy atom. The molecule has 0 bridgehead atoms. The van der Waals surface area contributed by atoms with E-state index in [1.54, 1.807) is 18.3 Å². The second-order valence-electron chi connectivity index (χ2n) is 4.01. The second-order valence-corrected chi connectivity index (χ2v) is 4.93. The van der Waals surface area contributed by atoms with Gasteiger partial charge in [-0.3, -0.25) is 9.89 Å². The van der Waals surface area contributed by atoms with Gasteiger partial charge in [0.15, 0.2) is 0 Å². The number of aromatic nitrogens is 4. The molecule has 18 heavy (non-hydrogen) atoms. The van der Waals surface area contributed by atoms with Crippen LogP contribution >= 0.6 is 15.9 Å². The molecule has 2 aromatic heterocycles. The van der Waals surface area contributed by atoms with Gasteiger partial charge in [-0.15, -0.1) is 5.10 Å². The van der Waals surface area contributed by atoms with Crippen LogP contribution in [0.4, 0.5) is 5.82 Å². The van der Waals surface area contributed by atoms with Gasteiger partial charge in [-0.1, -0.05) is 13.8 Å². The quantitative estimate of drug-likeness (QED) is 0.911. The molecule has 7 heteroatoms. The highest BCUT2D eigenvalue weighted by atomic mass is 79.9. The smallest absolute Gasteiger partial charge is 0.296 e. The van der Waals surface area contributed by atoms with Crippen LogP contribution in [0.5, 0.6) is 0 Å². The molecule has 0 saturated heterocycles. The van der Waals surface area contributed by atoms with Crippen molar-refractivity contribution in [1.82, 2.24) is 20.2 Å². The minimum absolute atomic E-state index is 0.114. The summed E-state index contributed by atoms with van der Waals surface area (Å²) < 4.78 is 0.848. The molecule has 0 spiro atoms. The van der Waals surface area contributed by atoms with Crippen molar-refractivity contribution < 1.29 is 4.79 Å². The van der Waals surface area contributed by atoms with Gasteiger partial charge in [-0.2, -0.15) is 0 Å². The fourth-order valence-corrected chi connectivity index (χ4v) is 1.49. The van der Waals surface area contributed by atoms with Crippen molar-refractivity contribution in [1.29, 1.82) is 0 Å². The molecule has 0 atom stereocenters. The van der Waals surface area contributed by atoms with Crippen LogP contribution in [0.25, 0.3) is 0 Å². The summed E-state index contributed by atoms with van der Waals surface area (Å²) in [5.74, 6) is 1.07. The first-order valence-electron chi connectivity index (χ1n) is 5.41. The van der Waals surface area contributed by atoms with Gasteiger partial charge in [0.05, 0.1) is 0 Å². The molecule has 94 valence electrons. The molecule has 2 rings (SSSR count). The number of rotatable bonds is 3. The molecular formula is C11H12BrN5O. The summed E-state index contributed by atoms with van der Waals surface area (Å²) in [7, 11) is 0. The Morgan fingerprint density at radius 3 is 2.78 bits per heavy atom. The van der Waals surface area contributed by atoms with Crippen LogP contribution in [0, 0.1) is 0 Å². The fraction of sp³-hybridized carbons (Fsp3) is 0.273. The zero-order valence-corrected chi connectivity index (χ0v) is 11.5. The van der Waals surface area contributed by atoms with Gasteiger partial charge >= 0.3 is 0 Å². The maximum atomic E-state index is 11.8. The van der Waals surface area contributed by atoms with Crippen LogP contribution in [0.1, 0.15) is 36.2 Å². The molecule has 0 aliphatic carbocycles. The molecule has 0 radical (unpaired) electrons. The van der Waals surface area contributed by atoms with E-state index >= 15 is 0 Å². The van der Waals surface area contributed by atoms with Crippen molar-refractivity contribution in [3.05, 3.63) is 34.5 Å². The first kappa shape index (κ1) is 12.7. The van der Waals surface area contributed by atoms with E-state index in [0.29, 0.717) is 11.6 Å². The third kappa shape index (κ3) is 2.92. The lowest BCUT2D eigenvalue weighted by Crippen LogP contribution is -2.14. The highest BCUT2D eigenvalue weighted by molar-refractivity contribution is 9.10. The van der Waals surface area contributed by atoms with Gasteiger partial charge in [-0.05, 0) is 28.1 Å². The minimum atomic E-state index is -0.382. The number of carbonyl (C=O) groups excluding carboxylic acids is 1. The van der Waals surface area contributed by atoms with Gasteiger partial charge < -0.3 is 5.32 Å². The van der Waals surface area contributed by atoms with E-state index in [2.05, 4.69) is 41.4 Å². The van der Waals surface area contributed by atoms with E-state index in [1.165, 1.54) is 0 Å². The standard InChI is InChI=1S/C11H12BrN5O/c1-6(2)9-15-10(17-16-9)11(18)14-8-4-3-7(12)5-13-8/h3-6H,1-2H3,(H,13,14,18)(H,15,16,17). The maximum absolute atomic E-state index is 11.8. The molecule has 0 aromatic carbocycles. The number of amides is 1. The summed E-state index contributed by atoms with van der Waals surface area (Å²) >= 11 is 3.27. The topological polar surface area (TPSA) is 83.6 Å². The van der Waals surface area contributed by atoms with Crippen LogP contribution in [-0.4, -0.2) is 26.1 Å². The van der Waals surface area contributed by atoms with Crippen molar-refractivity contribution in [3.8, 4) is 0 Å². The van der Waals surface area contributed by atoms with Crippen LogP contribution in [0.3, 0.4) is 0 Å². The SMILES string of the molecule is CC(C)c1nc(C(=O)Nc2ccc(Br)cn2)n[nH]1. The Balaban J connectivity index is 2.09. The average Bonchev–Trinajstić information content (AvgIpc) is 2.81. The Hall–Kier alpha value is -1.76. The van der Waals surface area contributed by atoms with Crippen molar-refractivity contribution in [2.45, 2.75) is 19.8 Å². The number of carbonyl (C=O) groups is 1. The third-order valence-corrected chi connectivity index (χ3v) is 2.69. The van der Waals surface area contributed by atoms with Crippen LogP contribution in [-0.2, 0) is 0 Å². The number of H-pyrrole nitrogens is 1. The average molecular weight is 310 g/mol. The lowest BCUT2D eigenvalue weighted by atomic mass is 10.2. The Morgan fingerprint density at radius 2 is 2.22 bits per heavy atom. The highest BCUT2D eigenvalue weighted by Gasteiger charge is 2.14. The van der Waals surface area contributed by atoms with Gasteiger partial charge in [0.2, 0.25) is 5.82 Å². The molecule has 2 heterocycles. The monoisotopic (exact) mass is 309 g/mol. The highest BCUT2D eigenvalue weighted by Crippen LogP contribution is 2.12. The predicted octanol–water partition coefficient (Wildman–Crippen LogP) is 2.34. The van der Waals surface area contributed by atoms with E-state index in [9.17, 15) is 4.79 Å². The molecule has 0 fully saturated rings. The molecule has 1 amide bonds. The third-order valence-electron chi connectivity index (χ3n) is 2.22. The Bertz CT molecular complexity index is 549. The Kier molecular flexibility index (Phi) is 3.71. The normalized spacial score (nSPS) is 10.7. The van der Waals surface area contributed by atoms with Crippen LogP contribution < -0.4 is 5.32 Å². The maximum Gasteiger partial charge on any atom is 0.296 e. The van der Waals surface area contributed by atoms with Crippen molar-refractivity contribution in [3.63, 3.8) is 0 Å². The van der Waals surface area contributed by atoms with Crippen LogP contribution in [0.2, 0.25) is 0 Å². The van der Waals surface area contributed by atoms with Gasteiger partial charge in [0.1, 0.15) is 11.6 Å². The number of nitrogens with zero attached hydrogens (tertiary/aromatic N) is 3. The zero-order chi connectivity index (χ0) is 13.1. The van der Waals surface area contributed by atoms with E-state index in [4.69, 9.17) is 0 Å². The first-order valence-corrected chi connectivity index (χ1v) is 6.21. The molecular weight excluding hydrogens is 298 g/mol. The van der Waals surface area contributed by atoms with Crippen molar-refractivity contribution >= 4 is 27.7 Å². The zero-order valence-electron chi connectivity index (χ0n) is 9.94. The molecule has 2 aromatic rings. The number of anilines is 1. The van der Waals surface area contributed by atoms with Gasteiger partial charge in [0, 0.05) is 16.6 Å². The van der Waals surface area contributed by atoms with Crippen molar-refractivity contribution in [2.24, 2.45) is 0 Å². The molecule has 0 saturated carbocycles. The number of nitrogens with one attached hydrogen (secondary N) is 2. The summed E-state index contributed by atoms with van der Waals surface area (Å²) in [6.07, 6.45) is 1.60. The molecule has 0 aliphatic rings. The lowest BCUT2D eigenvalue weighted by Gasteiger charge is -2.00. The van der Waals surface area contributed by atoms with Crippen molar-refractivity contribution in [2.75, 3.05) is 5.32 Å². The minimum Gasteiger partial charge on any atom is -0.304 e. The first-order chi connectivity index (χ1) is 8.56.